The van der Waals surface area contributed by atoms with Crippen molar-refractivity contribution < 1.29 is 19.4 Å². The first-order valence-corrected chi connectivity index (χ1v) is 10.0. The molecule has 1 aromatic heterocycles. The molecule has 1 heterocycles. The highest BCUT2D eigenvalue weighted by Gasteiger charge is 2.56. The summed E-state index contributed by atoms with van der Waals surface area (Å²) in [4.78, 5) is 11.2. The van der Waals surface area contributed by atoms with Gasteiger partial charge in [-0.3, -0.25) is 0 Å². The maximum absolute atomic E-state index is 11.2. The van der Waals surface area contributed by atoms with Gasteiger partial charge in [-0.15, -0.1) is 0 Å². The Morgan fingerprint density at radius 2 is 1.96 bits per heavy atom. The Balaban J connectivity index is 1.43. The molecule has 3 fully saturated rings. The molecule has 5 rings (SSSR count). The van der Waals surface area contributed by atoms with Gasteiger partial charge in [0.25, 0.3) is 0 Å². The largest absolute Gasteiger partial charge is 0.475 e. The molecule has 4 aliphatic rings. The average molecular weight is 344 g/mol. The molecular weight excluding hydrogens is 316 g/mol. The molecule has 1 aromatic rings. The minimum Gasteiger partial charge on any atom is -0.475 e. The third-order valence-electron chi connectivity index (χ3n) is 8.48. The van der Waals surface area contributed by atoms with Gasteiger partial charge in [0, 0.05) is 6.42 Å². The van der Waals surface area contributed by atoms with Gasteiger partial charge in [0.05, 0.1) is 6.10 Å². The fourth-order valence-corrected chi connectivity index (χ4v) is 7.19. The number of hydrogen-bond acceptors (Lipinski definition) is 3. The predicted octanol–water partition coefficient (Wildman–Crippen LogP) is 3.91. The Morgan fingerprint density at radius 1 is 1.12 bits per heavy atom. The van der Waals surface area contributed by atoms with Crippen LogP contribution in [-0.4, -0.2) is 22.3 Å². The van der Waals surface area contributed by atoms with Gasteiger partial charge < -0.3 is 14.6 Å². The first kappa shape index (κ1) is 15.9. The van der Waals surface area contributed by atoms with E-state index in [-0.39, 0.29) is 17.3 Å². The van der Waals surface area contributed by atoms with Gasteiger partial charge in [0.2, 0.25) is 5.76 Å². The molecule has 7 atom stereocenters. The van der Waals surface area contributed by atoms with Crippen LogP contribution in [0.15, 0.2) is 10.5 Å². The highest BCUT2D eigenvalue weighted by Crippen LogP contribution is 2.62. The highest BCUT2D eigenvalue weighted by molar-refractivity contribution is 5.84. The summed E-state index contributed by atoms with van der Waals surface area (Å²) in [6.45, 7) is 2.33. The number of furan rings is 1. The molecule has 0 amide bonds. The van der Waals surface area contributed by atoms with Crippen molar-refractivity contribution in [1.29, 1.82) is 0 Å². The molecule has 4 heteroatoms. The van der Waals surface area contributed by atoms with Gasteiger partial charge in [-0.2, -0.15) is 0 Å². The molecule has 136 valence electrons. The number of carbonyl (C=O) groups is 1. The molecule has 3 saturated carbocycles. The number of hydrogen-bond donors (Lipinski definition) is 2. The quantitative estimate of drug-likeness (QED) is 0.810. The van der Waals surface area contributed by atoms with Crippen LogP contribution in [0.5, 0.6) is 0 Å². The number of carboxylic acids is 1. The number of aromatic carboxylic acids is 1. The third-order valence-corrected chi connectivity index (χ3v) is 8.48. The van der Waals surface area contributed by atoms with Crippen LogP contribution in [0.3, 0.4) is 0 Å². The van der Waals surface area contributed by atoms with Gasteiger partial charge in [0.1, 0.15) is 5.76 Å². The van der Waals surface area contributed by atoms with Crippen molar-refractivity contribution in [2.75, 3.05) is 0 Å². The molecular formula is C21H28O4. The number of aliphatic hydroxyl groups excluding tert-OH is 1. The van der Waals surface area contributed by atoms with Crippen molar-refractivity contribution in [2.45, 2.75) is 64.4 Å². The van der Waals surface area contributed by atoms with E-state index in [0.717, 1.165) is 48.8 Å². The maximum atomic E-state index is 11.2. The highest BCUT2D eigenvalue weighted by atomic mass is 16.4. The Hall–Kier alpha value is -1.29. The lowest BCUT2D eigenvalue weighted by atomic mass is 9.50. The summed E-state index contributed by atoms with van der Waals surface area (Å²) in [6.07, 6.45) is 8.86. The Morgan fingerprint density at radius 3 is 2.76 bits per heavy atom. The van der Waals surface area contributed by atoms with Crippen LogP contribution in [0.1, 0.15) is 67.3 Å². The molecule has 0 aromatic carbocycles. The van der Waals surface area contributed by atoms with Crippen molar-refractivity contribution in [3.63, 3.8) is 0 Å². The van der Waals surface area contributed by atoms with Crippen molar-refractivity contribution in [1.82, 2.24) is 0 Å². The zero-order valence-electron chi connectivity index (χ0n) is 14.9. The lowest BCUT2D eigenvalue weighted by Gasteiger charge is -2.55. The van der Waals surface area contributed by atoms with E-state index in [9.17, 15) is 15.0 Å². The lowest BCUT2D eigenvalue weighted by molar-refractivity contribution is -0.0758. The summed E-state index contributed by atoms with van der Waals surface area (Å²) in [7, 11) is 0. The van der Waals surface area contributed by atoms with Gasteiger partial charge in [-0.05, 0) is 91.6 Å². The third kappa shape index (κ3) is 2.19. The topological polar surface area (TPSA) is 70.7 Å². The first-order valence-electron chi connectivity index (χ1n) is 10.0. The average Bonchev–Trinajstić information content (AvgIpc) is 3.14. The van der Waals surface area contributed by atoms with Crippen LogP contribution in [0.4, 0.5) is 0 Å². The van der Waals surface area contributed by atoms with Crippen LogP contribution in [0.2, 0.25) is 0 Å². The number of rotatable bonds is 1. The van der Waals surface area contributed by atoms with Gasteiger partial charge in [0.15, 0.2) is 0 Å². The molecule has 0 aliphatic heterocycles. The van der Waals surface area contributed by atoms with Crippen LogP contribution < -0.4 is 0 Å². The second-order valence-electron chi connectivity index (χ2n) is 9.35. The summed E-state index contributed by atoms with van der Waals surface area (Å²) in [5.74, 6) is 3.59. The van der Waals surface area contributed by atoms with E-state index in [4.69, 9.17) is 4.42 Å². The van der Waals surface area contributed by atoms with Crippen LogP contribution in [0, 0.1) is 35.0 Å². The molecule has 0 unspecified atom stereocenters. The van der Waals surface area contributed by atoms with Crippen molar-refractivity contribution in [3.05, 3.63) is 23.2 Å². The number of fused-ring (bicyclic) bond motifs is 6. The monoisotopic (exact) mass is 344 g/mol. The van der Waals surface area contributed by atoms with Crippen molar-refractivity contribution >= 4 is 5.97 Å². The fraction of sp³-hybridized carbons (Fsp3) is 0.762. The molecule has 2 N–H and O–H groups in total. The van der Waals surface area contributed by atoms with E-state index in [2.05, 4.69) is 6.92 Å². The lowest BCUT2D eigenvalue weighted by Crippen LogP contribution is -2.49. The fourth-order valence-electron chi connectivity index (χ4n) is 7.19. The maximum Gasteiger partial charge on any atom is 0.371 e. The zero-order valence-corrected chi connectivity index (χ0v) is 14.9. The Kier molecular flexibility index (Phi) is 3.41. The molecule has 0 radical (unpaired) electrons. The Bertz CT molecular complexity index is 707. The van der Waals surface area contributed by atoms with Crippen LogP contribution in [0.25, 0.3) is 0 Å². The molecule has 0 saturated heterocycles. The van der Waals surface area contributed by atoms with Crippen LogP contribution in [-0.2, 0) is 12.8 Å². The number of carboxylic acid groups (broad SMARTS) is 1. The zero-order chi connectivity index (χ0) is 17.3. The second-order valence-corrected chi connectivity index (χ2v) is 9.35. The molecule has 4 aliphatic carbocycles. The number of aliphatic hydroxyl groups is 1. The second kappa shape index (κ2) is 5.35. The minimum absolute atomic E-state index is 0.107. The normalized spacial score (nSPS) is 45.2. The van der Waals surface area contributed by atoms with E-state index < -0.39 is 5.97 Å². The predicted molar refractivity (Wildman–Crippen MR) is 92.3 cm³/mol. The van der Waals surface area contributed by atoms with Crippen LogP contribution >= 0.6 is 0 Å². The van der Waals surface area contributed by atoms with Crippen molar-refractivity contribution in [2.24, 2.45) is 35.0 Å². The van der Waals surface area contributed by atoms with E-state index in [0.29, 0.717) is 17.8 Å². The van der Waals surface area contributed by atoms with Gasteiger partial charge in [-0.1, -0.05) is 6.92 Å². The van der Waals surface area contributed by atoms with E-state index in [1.807, 2.05) is 0 Å². The SMILES string of the molecule is C[C@]12CC[C@H]3[C@@H](CC[C@H]4Cc5oc(C(=O)O)cc5C[C@@H]43)[C@@H]1CC[C@@H]2O. The molecule has 0 spiro atoms. The summed E-state index contributed by atoms with van der Waals surface area (Å²) in [6, 6.07) is 1.77. The summed E-state index contributed by atoms with van der Waals surface area (Å²) in [5, 5.41) is 19.7. The standard InChI is InChI=1S/C21H28O4/c1-21-7-6-13-14(16(21)4-5-19(21)22)3-2-11-9-17-12(8-15(11)13)10-18(25-17)20(23)24/h10-11,13-16,19,22H,2-9H2,1H3,(H,23,24)/t11-,13-,14+,15-,16-,19-,21-/m0/s1. The summed E-state index contributed by atoms with van der Waals surface area (Å²) in [5.41, 5.74) is 1.28. The summed E-state index contributed by atoms with van der Waals surface area (Å²) < 4.78 is 5.62. The minimum atomic E-state index is -0.955. The Labute approximate surface area is 148 Å². The first-order chi connectivity index (χ1) is 12.0. The molecule has 4 nitrogen and oxygen atoms in total. The smallest absolute Gasteiger partial charge is 0.371 e. The van der Waals surface area contributed by atoms with Gasteiger partial charge >= 0.3 is 5.97 Å². The van der Waals surface area contributed by atoms with E-state index in [1.54, 1.807) is 6.07 Å². The van der Waals surface area contributed by atoms with Crippen molar-refractivity contribution in [3.8, 4) is 0 Å². The molecule has 0 bridgehead atoms. The van der Waals surface area contributed by atoms with Gasteiger partial charge in [-0.25, -0.2) is 4.79 Å². The molecule has 25 heavy (non-hydrogen) atoms. The van der Waals surface area contributed by atoms with E-state index in [1.165, 1.54) is 25.7 Å². The van der Waals surface area contributed by atoms with E-state index >= 15 is 0 Å². The summed E-state index contributed by atoms with van der Waals surface area (Å²) >= 11 is 0.